The van der Waals surface area contributed by atoms with Crippen LogP contribution in [0.2, 0.25) is 0 Å². The van der Waals surface area contributed by atoms with Gasteiger partial charge in [0.2, 0.25) is 0 Å². The molecule has 0 amide bonds. The van der Waals surface area contributed by atoms with Crippen molar-refractivity contribution in [3.63, 3.8) is 0 Å². The lowest BCUT2D eigenvalue weighted by Crippen LogP contribution is -2.14. The van der Waals surface area contributed by atoms with E-state index in [0.717, 1.165) is 0 Å². The number of esters is 2. The molecule has 1 atom stereocenters. The summed E-state index contributed by atoms with van der Waals surface area (Å²) in [5.41, 5.74) is -0.372. The Bertz CT molecular complexity index is 235. The summed E-state index contributed by atoms with van der Waals surface area (Å²) in [5, 5.41) is 0. The summed E-state index contributed by atoms with van der Waals surface area (Å²) in [7, 11) is 0. The molecule has 4 nitrogen and oxygen atoms in total. The van der Waals surface area contributed by atoms with Crippen molar-refractivity contribution in [2.45, 2.75) is 25.8 Å². The van der Waals surface area contributed by atoms with Gasteiger partial charge < -0.3 is 9.47 Å². The first-order valence-corrected chi connectivity index (χ1v) is 4.53. The standard InChI is InChI=1S/C9H13ClO4/c1-6(2)9(12)13-5-4-8(11)14-7(3)10/h7H,1,4-5H2,2-3H3. The van der Waals surface area contributed by atoms with Gasteiger partial charge in [0.15, 0.2) is 5.56 Å². The van der Waals surface area contributed by atoms with E-state index in [1.165, 1.54) is 13.8 Å². The van der Waals surface area contributed by atoms with Crippen LogP contribution in [0.3, 0.4) is 0 Å². The van der Waals surface area contributed by atoms with Crippen molar-refractivity contribution in [2.75, 3.05) is 6.61 Å². The van der Waals surface area contributed by atoms with E-state index in [1.807, 2.05) is 0 Å². The fourth-order valence-electron chi connectivity index (χ4n) is 0.590. The van der Waals surface area contributed by atoms with E-state index < -0.39 is 17.5 Å². The summed E-state index contributed by atoms with van der Waals surface area (Å²) < 4.78 is 9.28. The molecule has 0 saturated heterocycles. The van der Waals surface area contributed by atoms with Crippen LogP contribution in [-0.2, 0) is 19.1 Å². The average molecular weight is 221 g/mol. The molecule has 0 spiro atoms. The maximum absolute atomic E-state index is 10.9. The third-order valence-corrected chi connectivity index (χ3v) is 1.27. The molecule has 0 bridgehead atoms. The zero-order valence-electron chi connectivity index (χ0n) is 8.21. The Morgan fingerprint density at radius 3 is 2.50 bits per heavy atom. The van der Waals surface area contributed by atoms with Crippen molar-refractivity contribution >= 4 is 23.5 Å². The summed E-state index contributed by atoms with van der Waals surface area (Å²) in [5.74, 6) is -1.02. The fourth-order valence-corrected chi connectivity index (χ4v) is 0.690. The van der Waals surface area contributed by atoms with E-state index in [2.05, 4.69) is 16.1 Å². The molecule has 5 heteroatoms. The summed E-state index contributed by atoms with van der Waals surface area (Å²) >= 11 is 5.40. The predicted molar refractivity (Wildman–Crippen MR) is 51.8 cm³/mol. The molecule has 0 radical (unpaired) electrons. The van der Waals surface area contributed by atoms with Gasteiger partial charge in [0, 0.05) is 5.57 Å². The van der Waals surface area contributed by atoms with E-state index >= 15 is 0 Å². The summed E-state index contributed by atoms with van der Waals surface area (Å²) in [6, 6.07) is 0. The number of rotatable bonds is 5. The van der Waals surface area contributed by atoms with E-state index in [0.29, 0.717) is 5.57 Å². The van der Waals surface area contributed by atoms with Crippen molar-refractivity contribution in [1.29, 1.82) is 0 Å². The van der Waals surface area contributed by atoms with Gasteiger partial charge in [-0.25, -0.2) is 4.79 Å². The largest absolute Gasteiger partial charge is 0.462 e. The number of halogens is 1. The van der Waals surface area contributed by atoms with Gasteiger partial charge in [-0.1, -0.05) is 18.2 Å². The third-order valence-electron chi connectivity index (χ3n) is 1.18. The van der Waals surface area contributed by atoms with Crippen LogP contribution in [0.1, 0.15) is 20.3 Å². The molecule has 0 aromatic rings. The van der Waals surface area contributed by atoms with Crippen LogP contribution in [-0.4, -0.2) is 24.1 Å². The van der Waals surface area contributed by atoms with Gasteiger partial charge in [0.25, 0.3) is 0 Å². The molecular formula is C9H13ClO4. The molecule has 0 aliphatic carbocycles. The first-order valence-electron chi connectivity index (χ1n) is 4.09. The van der Waals surface area contributed by atoms with E-state index in [9.17, 15) is 9.59 Å². The van der Waals surface area contributed by atoms with Crippen LogP contribution in [0.5, 0.6) is 0 Å². The predicted octanol–water partition coefficient (Wildman–Crippen LogP) is 1.62. The number of ether oxygens (including phenoxy) is 2. The van der Waals surface area contributed by atoms with Crippen LogP contribution in [0, 0.1) is 0 Å². The molecule has 80 valence electrons. The van der Waals surface area contributed by atoms with Gasteiger partial charge in [0.1, 0.15) is 6.61 Å². The van der Waals surface area contributed by atoms with Gasteiger partial charge in [-0.05, 0) is 13.8 Å². The zero-order chi connectivity index (χ0) is 11.1. The highest BCUT2D eigenvalue weighted by Gasteiger charge is 2.08. The topological polar surface area (TPSA) is 52.6 Å². The Kier molecular flexibility index (Phi) is 5.95. The highest BCUT2D eigenvalue weighted by atomic mass is 35.5. The van der Waals surface area contributed by atoms with Gasteiger partial charge >= 0.3 is 11.9 Å². The lowest BCUT2D eigenvalue weighted by molar-refractivity contribution is -0.148. The molecule has 0 rings (SSSR count). The van der Waals surface area contributed by atoms with Crippen molar-refractivity contribution < 1.29 is 19.1 Å². The highest BCUT2D eigenvalue weighted by Crippen LogP contribution is 2.00. The molecule has 0 fully saturated rings. The second-order valence-electron chi connectivity index (χ2n) is 2.70. The van der Waals surface area contributed by atoms with Crippen LogP contribution in [0.4, 0.5) is 0 Å². The monoisotopic (exact) mass is 220 g/mol. The minimum absolute atomic E-state index is 0.00389. The average Bonchev–Trinajstić information content (AvgIpc) is 2.02. The first kappa shape index (κ1) is 13.0. The van der Waals surface area contributed by atoms with Crippen molar-refractivity contribution in [3.05, 3.63) is 12.2 Å². The second kappa shape index (κ2) is 6.43. The number of hydrogen-bond donors (Lipinski definition) is 0. The van der Waals surface area contributed by atoms with Gasteiger partial charge in [-0.3, -0.25) is 4.79 Å². The molecular weight excluding hydrogens is 208 g/mol. The van der Waals surface area contributed by atoms with Crippen LogP contribution in [0.25, 0.3) is 0 Å². The number of carbonyl (C=O) groups is 2. The third kappa shape index (κ3) is 6.48. The SMILES string of the molecule is C=C(C)C(=O)OCCC(=O)OC(C)Cl. The smallest absolute Gasteiger partial charge is 0.333 e. The quantitative estimate of drug-likeness (QED) is 0.401. The highest BCUT2D eigenvalue weighted by molar-refractivity contribution is 6.19. The van der Waals surface area contributed by atoms with Crippen LogP contribution in [0.15, 0.2) is 12.2 Å². The van der Waals surface area contributed by atoms with Gasteiger partial charge in [-0.15, -0.1) is 0 Å². The molecule has 0 N–H and O–H groups in total. The molecule has 0 aliphatic rings. The fraction of sp³-hybridized carbons (Fsp3) is 0.556. The molecule has 1 unspecified atom stereocenters. The van der Waals surface area contributed by atoms with E-state index in [1.54, 1.807) is 0 Å². The molecule has 0 saturated carbocycles. The summed E-state index contributed by atoms with van der Waals surface area (Å²) in [6.45, 7) is 6.43. The van der Waals surface area contributed by atoms with Crippen molar-refractivity contribution in [1.82, 2.24) is 0 Å². The Labute approximate surface area is 87.8 Å². The van der Waals surface area contributed by atoms with Gasteiger partial charge in [-0.2, -0.15) is 0 Å². The molecule has 0 aromatic carbocycles. The number of alkyl halides is 1. The number of carbonyl (C=O) groups excluding carboxylic acids is 2. The van der Waals surface area contributed by atoms with Crippen molar-refractivity contribution in [2.24, 2.45) is 0 Å². The Morgan fingerprint density at radius 2 is 2.07 bits per heavy atom. The van der Waals surface area contributed by atoms with Crippen LogP contribution < -0.4 is 0 Å². The second-order valence-corrected chi connectivity index (χ2v) is 3.31. The Morgan fingerprint density at radius 1 is 1.50 bits per heavy atom. The van der Waals surface area contributed by atoms with E-state index in [4.69, 9.17) is 11.6 Å². The zero-order valence-corrected chi connectivity index (χ0v) is 8.97. The maximum Gasteiger partial charge on any atom is 0.333 e. The van der Waals surface area contributed by atoms with Crippen LogP contribution >= 0.6 is 11.6 Å². The maximum atomic E-state index is 10.9. The minimum atomic E-state index is -0.667. The lowest BCUT2D eigenvalue weighted by Gasteiger charge is -2.06. The molecule has 0 aromatic heterocycles. The molecule has 0 aliphatic heterocycles. The Hall–Kier alpha value is -1.03. The first-order chi connectivity index (χ1) is 6.43. The number of hydrogen-bond acceptors (Lipinski definition) is 4. The Balaban J connectivity index is 3.59. The van der Waals surface area contributed by atoms with E-state index in [-0.39, 0.29) is 13.0 Å². The summed E-state index contributed by atoms with van der Waals surface area (Å²) in [4.78, 5) is 21.7. The normalized spacial score (nSPS) is 11.6. The molecule has 14 heavy (non-hydrogen) atoms. The summed E-state index contributed by atoms with van der Waals surface area (Å²) in [6.07, 6.45) is -0.00389. The van der Waals surface area contributed by atoms with Crippen molar-refractivity contribution in [3.8, 4) is 0 Å². The van der Waals surface area contributed by atoms with Gasteiger partial charge in [0.05, 0.1) is 6.42 Å². The molecule has 0 heterocycles. The minimum Gasteiger partial charge on any atom is -0.462 e. The lowest BCUT2D eigenvalue weighted by atomic mass is 10.4.